The van der Waals surface area contributed by atoms with Gasteiger partial charge in [-0.05, 0) is 42.5 Å². The number of amides is 1. The molecule has 8 nitrogen and oxygen atoms in total. The molecule has 0 aromatic heterocycles. The van der Waals surface area contributed by atoms with Crippen LogP contribution in [0.2, 0.25) is 0 Å². The number of benzene rings is 2. The lowest BCUT2D eigenvalue weighted by Crippen LogP contribution is -2.30. The standard InChI is InChI=1S/C19H24N2O6S2/c1-5-21(6-2)29(25,26)16-11-12-18(27-3)17(13-16)20-19(22)14-7-9-15(10-8-14)28(4,23)24/h7-13H,5-6H2,1-4H3,(H,20,22). The van der Waals surface area contributed by atoms with Crippen molar-refractivity contribution in [3.8, 4) is 5.75 Å². The smallest absolute Gasteiger partial charge is 0.255 e. The van der Waals surface area contributed by atoms with Gasteiger partial charge in [-0.25, -0.2) is 16.8 Å². The highest BCUT2D eigenvalue weighted by Gasteiger charge is 2.23. The fourth-order valence-corrected chi connectivity index (χ4v) is 4.82. The van der Waals surface area contributed by atoms with Crippen LogP contribution >= 0.6 is 0 Å². The molecule has 0 aliphatic heterocycles. The van der Waals surface area contributed by atoms with E-state index in [-0.39, 0.29) is 21.0 Å². The topological polar surface area (TPSA) is 110 Å². The van der Waals surface area contributed by atoms with Crippen molar-refractivity contribution in [1.82, 2.24) is 4.31 Å². The lowest BCUT2D eigenvalue weighted by atomic mass is 10.2. The van der Waals surface area contributed by atoms with E-state index in [1.165, 1.54) is 53.9 Å². The molecule has 10 heteroatoms. The lowest BCUT2D eigenvalue weighted by Gasteiger charge is -2.19. The molecular weight excluding hydrogens is 416 g/mol. The zero-order valence-electron chi connectivity index (χ0n) is 16.7. The Morgan fingerprint density at radius 3 is 2.00 bits per heavy atom. The first-order chi connectivity index (χ1) is 13.5. The van der Waals surface area contributed by atoms with Gasteiger partial charge in [0.25, 0.3) is 5.91 Å². The molecule has 0 bridgehead atoms. The van der Waals surface area contributed by atoms with E-state index in [1.54, 1.807) is 13.8 Å². The Morgan fingerprint density at radius 2 is 1.52 bits per heavy atom. The van der Waals surface area contributed by atoms with Crippen LogP contribution in [0.1, 0.15) is 24.2 Å². The van der Waals surface area contributed by atoms with Gasteiger partial charge < -0.3 is 10.1 Å². The summed E-state index contributed by atoms with van der Waals surface area (Å²) in [7, 11) is -5.68. The van der Waals surface area contributed by atoms with Gasteiger partial charge in [0.15, 0.2) is 9.84 Å². The molecule has 2 aromatic rings. The maximum atomic E-state index is 12.7. The number of anilines is 1. The first-order valence-electron chi connectivity index (χ1n) is 8.84. The molecule has 0 saturated carbocycles. The third kappa shape index (κ3) is 5.14. The van der Waals surface area contributed by atoms with Crippen molar-refractivity contribution >= 4 is 31.5 Å². The average molecular weight is 441 g/mol. The third-order valence-corrected chi connectivity index (χ3v) is 7.48. The molecule has 0 unspecified atom stereocenters. The van der Waals surface area contributed by atoms with Crippen molar-refractivity contribution in [2.45, 2.75) is 23.6 Å². The van der Waals surface area contributed by atoms with Crippen molar-refractivity contribution in [3.05, 3.63) is 48.0 Å². The average Bonchev–Trinajstić information content (AvgIpc) is 2.68. The molecular formula is C19H24N2O6S2. The summed E-state index contributed by atoms with van der Waals surface area (Å²) in [6.07, 6.45) is 1.08. The largest absolute Gasteiger partial charge is 0.495 e. The van der Waals surface area contributed by atoms with Crippen molar-refractivity contribution < 1.29 is 26.4 Å². The van der Waals surface area contributed by atoms with Crippen LogP contribution in [0.4, 0.5) is 5.69 Å². The maximum Gasteiger partial charge on any atom is 0.255 e. The number of sulfonamides is 1. The Balaban J connectivity index is 2.37. The molecule has 2 aromatic carbocycles. The van der Waals surface area contributed by atoms with Gasteiger partial charge in [-0.1, -0.05) is 13.8 Å². The second-order valence-corrected chi connectivity index (χ2v) is 10.2. The van der Waals surface area contributed by atoms with E-state index >= 15 is 0 Å². The Morgan fingerprint density at radius 1 is 0.966 bits per heavy atom. The number of sulfone groups is 1. The third-order valence-electron chi connectivity index (χ3n) is 4.31. The van der Waals surface area contributed by atoms with Crippen LogP contribution in [-0.4, -0.2) is 53.5 Å². The van der Waals surface area contributed by atoms with E-state index in [4.69, 9.17) is 4.74 Å². The summed E-state index contributed by atoms with van der Waals surface area (Å²) in [5.41, 5.74) is 0.411. The second kappa shape index (κ2) is 8.93. The van der Waals surface area contributed by atoms with Crippen LogP contribution in [0.15, 0.2) is 52.3 Å². The number of hydrogen-bond donors (Lipinski definition) is 1. The molecule has 0 heterocycles. The summed E-state index contributed by atoms with van der Waals surface area (Å²) < 4.78 is 55.1. The minimum Gasteiger partial charge on any atom is -0.495 e. The number of methoxy groups -OCH3 is 1. The van der Waals surface area contributed by atoms with Crippen LogP contribution in [0.5, 0.6) is 5.75 Å². The Labute approximate surface area is 171 Å². The first-order valence-corrected chi connectivity index (χ1v) is 12.2. The van der Waals surface area contributed by atoms with Gasteiger partial charge in [-0.2, -0.15) is 4.31 Å². The molecule has 0 atom stereocenters. The quantitative estimate of drug-likeness (QED) is 0.675. The van der Waals surface area contributed by atoms with Crippen LogP contribution in [0, 0.1) is 0 Å². The molecule has 0 radical (unpaired) electrons. The van der Waals surface area contributed by atoms with E-state index in [1.807, 2.05) is 0 Å². The fourth-order valence-electron chi connectivity index (χ4n) is 2.71. The molecule has 1 amide bonds. The van der Waals surface area contributed by atoms with Crippen LogP contribution in [-0.2, 0) is 19.9 Å². The molecule has 1 N–H and O–H groups in total. The van der Waals surface area contributed by atoms with E-state index < -0.39 is 25.8 Å². The van der Waals surface area contributed by atoms with Crippen LogP contribution in [0.25, 0.3) is 0 Å². The van der Waals surface area contributed by atoms with Crippen molar-refractivity contribution in [2.24, 2.45) is 0 Å². The molecule has 158 valence electrons. The molecule has 0 aliphatic rings. The molecule has 2 rings (SSSR count). The normalized spacial score (nSPS) is 12.0. The summed E-state index contributed by atoms with van der Waals surface area (Å²) >= 11 is 0. The molecule has 0 aliphatic carbocycles. The Kier molecular flexibility index (Phi) is 7.04. The number of nitrogens with zero attached hydrogens (tertiary/aromatic N) is 1. The van der Waals surface area contributed by atoms with Crippen molar-refractivity contribution in [2.75, 3.05) is 31.8 Å². The van der Waals surface area contributed by atoms with Gasteiger partial charge in [0.05, 0.1) is 22.6 Å². The highest BCUT2D eigenvalue weighted by atomic mass is 32.2. The van der Waals surface area contributed by atoms with E-state index in [0.29, 0.717) is 18.8 Å². The Hall–Kier alpha value is -2.43. The number of hydrogen-bond acceptors (Lipinski definition) is 6. The minimum absolute atomic E-state index is 0.0322. The van der Waals surface area contributed by atoms with E-state index in [2.05, 4.69) is 5.32 Å². The number of nitrogens with one attached hydrogen (secondary N) is 1. The van der Waals surface area contributed by atoms with Crippen LogP contribution in [0.3, 0.4) is 0 Å². The number of ether oxygens (including phenoxy) is 1. The van der Waals surface area contributed by atoms with Crippen LogP contribution < -0.4 is 10.1 Å². The number of carbonyl (C=O) groups is 1. The molecule has 0 fully saturated rings. The van der Waals surface area contributed by atoms with Gasteiger partial charge in [-0.3, -0.25) is 4.79 Å². The zero-order chi connectivity index (χ0) is 21.8. The monoisotopic (exact) mass is 440 g/mol. The van der Waals surface area contributed by atoms with Gasteiger partial charge >= 0.3 is 0 Å². The predicted octanol–water partition coefficient (Wildman–Crippen LogP) is 2.38. The zero-order valence-corrected chi connectivity index (χ0v) is 18.3. The first kappa shape index (κ1) is 22.9. The van der Waals surface area contributed by atoms with E-state index in [9.17, 15) is 21.6 Å². The summed E-state index contributed by atoms with van der Waals surface area (Å²) in [6.45, 7) is 4.12. The molecule has 0 spiro atoms. The van der Waals surface area contributed by atoms with E-state index in [0.717, 1.165) is 6.26 Å². The van der Waals surface area contributed by atoms with Gasteiger partial charge in [-0.15, -0.1) is 0 Å². The summed E-state index contributed by atoms with van der Waals surface area (Å²) in [5.74, 6) is -0.231. The van der Waals surface area contributed by atoms with Gasteiger partial charge in [0, 0.05) is 24.9 Å². The van der Waals surface area contributed by atoms with Crippen molar-refractivity contribution in [1.29, 1.82) is 0 Å². The summed E-state index contributed by atoms with van der Waals surface area (Å²) in [6, 6.07) is 9.67. The predicted molar refractivity (Wildman–Crippen MR) is 111 cm³/mol. The Bertz CT molecular complexity index is 1090. The lowest BCUT2D eigenvalue weighted by molar-refractivity contribution is 0.102. The molecule has 29 heavy (non-hydrogen) atoms. The number of rotatable bonds is 8. The van der Waals surface area contributed by atoms with Gasteiger partial charge in [0.1, 0.15) is 5.75 Å². The fraction of sp³-hybridized carbons (Fsp3) is 0.316. The summed E-state index contributed by atoms with van der Waals surface area (Å²) in [5, 5.41) is 2.63. The second-order valence-electron chi connectivity index (χ2n) is 6.20. The maximum absolute atomic E-state index is 12.7. The summed E-state index contributed by atoms with van der Waals surface area (Å²) in [4.78, 5) is 12.7. The SMILES string of the molecule is CCN(CC)S(=O)(=O)c1ccc(OC)c(NC(=O)c2ccc(S(C)(=O)=O)cc2)c1. The highest BCUT2D eigenvalue weighted by molar-refractivity contribution is 7.90. The number of carbonyl (C=O) groups excluding carboxylic acids is 1. The van der Waals surface area contributed by atoms with Crippen molar-refractivity contribution in [3.63, 3.8) is 0 Å². The highest BCUT2D eigenvalue weighted by Crippen LogP contribution is 2.29. The molecule has 0 saturated heterocycles. The van der Waals surface area contributed by atoms with Gasteiger partial charge in [0.2, 0.25) is 10.0 Å². The minimum atomic E-state index is -3.71.